The van der Waals surface area contributed by atoms with Crippen LogP contribution in [0.3, 0.4) is 0 Å². The van der Waals surface area contributed by atoms with E-state index in [1.165, 1.54) is 15.4 Å². The molecule has 144 valence electrons. The average Bonchev–Trinajstić information content (AvgIpc) is 2.66. The molecule has 1 aliphatic rings. The van der Waals surface area contributed by atoms with Crippen LogP contribution in [0.5, 0.6) is 0 Å². The van der Waals surface area contributed by atoms with E-state index in [2.05, 4.69) is 19.2 Å². The van der Waals surface area contributed by atoms with Gasteiger partial charge in [0, 0.05) is 25.2 Å². The highest BCUT2D eigenvalue weighted by Crippen LogP contribution is 2.21. The van der Waals surface area contributed by atoms with Gasteiger partial charge in [0.25, 0.3) is 0 Å². The Hall–Kier alpha value is -2.18. The molecular weight excluding hydrogens is 360 g/mol. The van der Waals surface area contributed by atoms with Gasteiger partial charge in [0.2, 0.25) is 15.9 Å². The highest BCUT2D eigenvalue weighted by molar-refractivity contribution is 7.89. The molecule has 6 heteroatoms. The molecule has 0 bridgehead atoms. The zero-order chi connectivity index (χ0) is 19.4. The predicted octanol–water partition coefficient (Wildman–Crippen LogP) is 3.53. The monoisotopic (exact) mass is 386 g/mol. The molecule has 0 aliphatic carbocycles. The van der Waals surface area contributed by atoms with Gasteiger partial charge in [-0.15, -0.1) is 0 Å². The molecule has 0 aromatic heterocycles. The highest BCUT2D eigenvalue weighted by atomic mass is 32.2. The Kier molecular flexibility index (Phi) is 5.97. The molecule has 5 nitrogen and oxygen atoms in total. The van der Waals surface area contributed by atoms with Gasteiger partial charge in [-0.1, -0.05) is 50.2 Å². The van der Waals surface area contributed by atoms with Crippen molar-refractivity contribution < 1.29 is 13.2 Å². The number of carbonyl (C=O) groups excluding carboxylic acids is 1. The smallest absolute Gasteiger partial charge is 0.225 e. The van der Waals surface area contributed by atoms with Gasteiger partial charge >= 0.3 is 0 Å². The Morgan fingerprint density at radius 3 is 2.41 bits per heavy atom. The third kappa shape index (κ3) is 4.96. The third-order valence-electron chi connectivity index (χ3n) is 4.94. The van der Waals surface area contributed by atoms with Gasteiger partial charge in [0.05, 0.1) is 5.75 Å². The van der Waals surface area contributed by atoms with Crippen molar-refractivity contribution in [1.29, 1.82) is 0 Å². The molecule has 27 heavy (non-hydrogen) atoms. The Bertz CT molecular complexity index is 905. The second kappa shape index (κ2) is 8.23. The van der Waals surface area contributed by atoms with Crippen molar-refractivity contribution >= 4 is 21.6 Å². The SMILES string of the molecule is CC(C)c1ccc(NC(=O)CCS(=O)(=O)N2CCc3ccccc3C2)cc1. The van der Waals surface area contributed by atoms with Crippen LogP contribution in [0, 0.1) is 0 Å². The fourth-order valence-electron chi connectivity index (χ4n) is 3.23. The van der Waals surface area contributed by atoms with Gasteiger partial charge in [-0.05, 0) is 41.2 Å². The maximum absolute atomic E-state index is 12.6. The van der Waals surface area contributed by atoms with Crippen LogP contribution >= 0.6 is 0 Å². The summed E-state index contributed by atoms with van der Waals surface area (Å²) in [6, 6.07) is 15.5. The van der Waals surface area contributed by atoms with Gasteiger partial charge in [-0.3, -0.25) is 4.79 Å². The maximum atomic E-state index is 12.6. The lowest BCUT2D eigenvalue weighted by Crippen LogP contribution is -2.38. The lowest BCUT2D eigenvalue weighted by molar-refractivity contribution is -0.115. The van der Waals surface area contributed by atoms with Crippen molar-refractivity contribution in [3.05, 3.63) is 65.2 Å². The molecule has 0 atom stereocenters. The third-order valence-corrected chi connectivity index (χ3v) is 6.76. The first-order chi connectivity index (χ1) is 12.8. The van der Waals surface area contributed by atoms with Crippen LogP contribution in [-0.2, 0) is 27.8 Å². The molecule has 0 radical (unpaired) electrons. The number of nitrogens with one attached hydrogen (secondary N) is 1. The van der Waals surface area contributed by atoms with Crippen LogP contribution in [0.4, 0.5) is 5.69 Å². The summed E-state index contributed by atoms with van der Waals surface area (Å²) >= 11 is 0. The molecular formula is C21H26N2O3S. The molecule has 1 heterocycles. The first-order valence-corrected chi connectivity index (χ1v) is 10.9. The minimum absolute atomic E-state index is 0.0492. The fourth-order valence-corrected chi connectivity index (χ4v) is 4.64. The molecule has 0 saturated carbocycles. The molecule has 0 saturated heterocycles. The number of sulfonamides is 1. The topological polar surface area (TPSA) is 66.5 Å². The van der Waals surface area contributed by atoms with Crippen LogP contribution in [-0.4, -0.2) is 30.9 Å². The standard InChI is InChI=1S/C21H26N2O3S/c1-16(2)17-7-9-20(10-8-17)22-21(24)12-14-27(25,26)23-13-11-18-5-3-4-6-19(18)15-23/h3-10,16H,11-15H2,1-2H3,(H,22,24). The van der Waals surface area contributed by atoms with Gasteiger partial charge in [0.15, 0.2) is 0 Å². The van der Waals surface area contributed by atoms with E-state index >= 15 is 0 Å². The lowest BCUT2D eigenvalue weighted by Gasteiger charge is -2.28. The maximum Gasteiger partial charge on any atom is 0.225 e. The number of benzene rings is 2. The van der Waals surface area contributed by atoms with Gasteiger partial charge in [-0.2, -0.15) is 4.31 Å². The molecule has 3 rings (SSSR count). The molecule has 1 amide bonds. The number of fused-ring (bicyclic) bond motifs is 1. The number of rotatable bonds is 6. The zero-order valence-electron chi connectivity index (χ0n) is 15.8. The number of anilines is 1. The second-order valence-electron chi connectivity index (χ2n) is 7.24. The van der Waals surface area contributed by atoms with Crippen LogP contribution < -0.4 is 5.32 Å². The summed E-state index contributed by atoms with van der Waals surface area (Å²) in [6.07, 6.45) is 0.663. The Labute approximate surface area is 161 Å². The molecule has 0 spiro atoms. The molecule has 1 N–H and O–H groups in total. The number of nitrogens with zero attached hydrogens (tertiary/aromatic N) is 1. The van der Waals surface area contributed by atoms with E-state index in [1.54, 1.807) is 0 Å². The summed E-state index contributed by atoms with van der Waals surface area (Å²) in [5, 5.41) is 2.78. The van der Waals surface area contributed by atoms with Crippen LogP contribution in [0.2, 0.25) is 0 Å². The molecule has 1 aliphatic heterocycles. The average molecular weight is 387 g/mol. The minimum Gasteiger partial charge on any atom is -0.326 e. The quantitative estimate of drug-likeness (QED) is 0.826. The van der Waals surface area contributed by atoms with Crippen molar-refractivity contribution in [3.63, 3.8) is 0 Å². The number of hydrogen-bond donors (Lipinski definition) is 1. The first kappa shape index (κ1) is 19.6. The van der Waals surface area contributed by atoms with E-state index in [1.807, 2.05) is 48.5 Å². The molecule has 2 aromatic rings. The van der Waals surface area contributed by atoms with E-state index in [9.17, 15) is 13.2 Å². The first-order valence-electron chi connectivity index (χ1n) is 9.29. The van der Waals surface area contributed by atoms with Gasteiger partial charge in [0.1, 0.15) is 0 Å². The van der Waals surface area contributed by atoms with Crippen molar-refractivity contribution in [2.45, 2.75) is 39.2 Å². The van der Waals surface area contributed by atoms with E-state index in [0.29, 0.717) is 31.1 Å². The molecule has 0 fully saturated rings. The summed E-state index contributed by atoms with van der Waals surface area (Å²) in [5.74, 6) is -0.0340. The number of amides is 1. The highest BCUT2D eigenvalue weighted by Gasteiger charge is 2.26. The van der Waals surface area contributed by atoms with Gasteiger partial charge < -0.3 is 5.32 Å². The summed E-state index contributed by atoms with van der Waals surface area (Å²) in [6.45, 7) is 5.07. The largest absolute Gasteiger partial charge is 0.326 e. The number of carbonyl (C=O) groups is 1. The van der Waals surface area contributed by atoms with E-state index < -0.39 is 10.0 Å². The predicted molar refractivity (Wildman–Crippen MR) is 108 cm³/mol. The lowest BCUT2D eigenvalue weighted by atomic mass is 10.0. The Morgan fingerprint density at radius 1 is 1.07 bits per heavy atom. The van der Waals surface area contributed by atoms with Crippen molar-refractivity contribution in [1.82, 2.24) is 4.31 Å². The van der Waals surface area contributed by atoms with Gasteiger partial charge in [-0.25, -0.2) is 8.42 Å². The summed E-state index contributed by atoms with van der Waals surface area (Å²) in [5.41, 5.74) is 4.13. The Balaban J connectivity index is 1.55. The fraction of sp³-hybridized carbons (Fsp3) is 0.381. The van der Waals surface area contributed by atoms with Crippen LogP contribution in [0.25, 0.3) is 0 Å². The van der Waals surface area contributed by atoms with Crippen molar-refractivity contribution in [3.8, 4) is 0 Å². The van der Waals surface area contributed by atoms with E-state index in [4.69, 9.17) is 0 Å². The normalized spacial score (nSPS) is 14.8. The summed E-state index contributed by atoms with van der Waals surface area (Å²) in [7, 11) is -3.46. The second-order valence-corrected chi connectivity index (χ2v) is 9.33. The minimum atomic E-state index is -3.46. The summed E-state index contributed by atoms with van der Waals surface area (Å²) in [4.78, 5) is 12.2. The molecule has 0 unspecified atom stereocenters. The van der Waals surface area contributed by atoms with Crippen LogP contribution in [0.15, 0.2) is 48.5 Å². The Morgan fingerprint density at radius 2 is 1.74 bits per heavy atom. The van der Waals surface area contributed by atoms with Crippen LogP contribution in [0.1, 0.15) is 42.9 Å². The van der Waals surface area contributed by atoms with Crippen molar-refractivity contribution in [2.24, 2.45) is 0 Å². The van der Waals surface area contributed by atoms with E-state index in [-0.39, 0.29) is 18.1 Å². The molecule has 2 aromatic carbocycles. The number of hydrogen-bond acceptors (Lipinski definition) is 3. The van der Waals surface area contributed by atoms with E-state index in [0.717, 1.165) is 5.56 Å². The summed E-state index contributed by atoms with van der Waals surface area (Å²) < 4.78 is 26.7. The van der Waals surface area contributed by atoms with Crippen molar-refractivity contribution in [2.75, 3.05) is 17.6 Å². The zero-order valence-corrected chi connectivity index (χ0v) is 16.6.